The fourth-order valence-electron chi connectivity index (χ4n) is 4.76. The molecule has 2 fully saturated rings. The van der Waals surface area contributed by atoms with Gasteiger partial charge in [-0.3, -0.25) is 4.79 Å². The average Bonchev–Trinajstić information content (AvgIpc) is 3.61. The molecule has 10 nitrogen and oxygen atoms in total. The number of hydrogen-bond donors (Lipinski definition) is 0. The lowest BCUT2D eigenvalue weighted by molar-refractivity contribution is -0.00101. The van der Waals surface area contributed by atoms with E-state index in [9.17, 15) is 14.9 Å². The number of rotatable bonds is 6. The minimum absolute atomic E-state index is 0.186. The number of amides is 1. The van der Waals surface area contributed by atoms with E-state index in [2.05, 4.69) is 6.07 Å². The van der Waals surface area contributed by atoms with Crippen LogP contribution in [-0.2, 0) is 11.2 Å². The summed E-state index contributed by atoms with van der Waals surface area (Å²) in [4.78, 5) is 32.1. The zero-order chi connectivity index (χ0) is 27.3. The Morgan fingerprint density at radius 2 is 1.90 bits per heavy atom. The van der Waals surface area contributed by atoms with Crippen LogP contribution in [0.15, 0.2) is 47.5 Å². The number of aromatic nitrogens is 4. The van der Waals surface area contributed by atoms with Crippen LogP contribution in [0.1, 0.15) is 56.6 Å². The molecular weight excluding hydrogens is 496 g/mol. The SMILES string of the molecule is CC(C)(C)OC(=O)N1CC(n2nc(Cc3cn4cc(OCC5CC5)c(C#N)cc4n3)c3ccccc3c2=O)C1. The number of benzene rings is 1. The molecule has 0 atom stereocenters. The van der Waals surface area contributed by atoms with Crippen LogP contribution in [0.5, 0.6) is 5.75 Å². The summed E-state index contributed by atoms with van der Waals surface area (Å²) in [5.41, 5.74) is 1.80. The van der Waals surface area contributed by atoms with Gasteiger partial charge in [-0.05, 0) is 45.6 Å². The zero-order valence-electron chi connectivity index (χ0n) is 22.3. The Morgan fingerprint density at radius 3 is 2.59 bits per heavy atom. The molecule has 1 amide bonds. The number of ether oxygens (including phenoxy) is 2. The molecule has 10 heteroatoms. The topological polar surface area (TPSA) is 115 Å². The molecule has 4 heterocycles. The lowest BCUT2D eigenvalue weighted by Gasteiger charge is -2.39. The molecule has 1 aliphatic carbocycles. The van der Waals surface area contributed by atoms with Crippen molar-refractivity contribution in [2.24, 2.45) is 5.92 Å². The van der Waals surface area contributed by atoms with Crippen LogP contribution in [0, 0.1) is 17.2 Å². The third kappa shape index (κ3) is 5.04. The van der Waals surface area contributed by atoms with Gasteiger partial charge in [-0.15, -0.1) is 0 Å². The van der Waals surface area contributed by atoms with E-state index in [-0.39, 0.29) is 11.6 Å². The first-order chi connectivity index (χ1) is 18.7. The summed E-state index contributed by atoms with van der Waals surface area (Å²) in [5.74, 6) is 1.13. The summed E-state index contributed by atoms with van der Waals surface area (Å²) < 4.78 is 14.7. The number of likely N-dealkylation sites (tertiary alicyclic amines) is 1. The molecule has 39 heavy (non-hydrogen) atoms. The highest BCUT2D eigenvalue weighted by molar-refractivity contribution is 5.83. The molecule has 6 rings (SSSR count). The molecule has 1 aliphatic heterocycles. The van der Waals surface area contributed by atoms with Gasteiger partial charge in [-0.1, -0.05) is 18.2 Å². The van der Waals surface area contributed by atoms with Gasteiger partial charge in [0.15, 0.2) is 5.75 Å². The van der Waals surface area contributed by atoms with Gasteiger partial charge in [0.25, 0.3) is 5.56 Å². The van der Waals surface area contributed by atoms with Crippen LogP contribution in [0.3, 0.4) is 0 Å². The summed E-state index contributed by atoms with van der Waals surface area (Å²) in [6, 6.07) is 11.1. The number of imidazole rings is 1. The standard InChI is InChI=1S/C29H30N6O4/c1-29(2,3)39-28(37)34-14-21(15-34)35-27(36)23-7-5-4-6-22(23)24(32-35)11-20-13-33-16-25(38-17-18-8-9-18)19(12-30)10-26(33)31-20/h4-7,10,13,16,18,21H,8-9,11,14-15,17H2,1-3H3. The molecule has 0 unspecified atom stereocenters. The first kappa shape index (κ1) is 24.9. The molecule has 1 saturated carbocycles. The first-order valence-electron chi connectivity index (χ1n) is 13.2. The highest BCUT2D eigenvalue weighted by atomic mass is 16.6. The van der Waals surface area contributed by atoms with Crippen molar-refractivity contribution in [1.82, 2.24) is 24.1 Å². The molecule has 200 valence electrons. The quantitative estimate of drug-likeness (QED) is 0.372. The third-order valence-electron chi connectivity index (χ3n) is 7.01. The van der Waals surface area contributed by atoms with Crippen LogP contribution in [0.2, 0.25) is 0 Å². The lowest BCUT2D eigenvalue weighted by Crippen LogP contribution is -2.54. The maximum atomic E-state index is 13.3. The fourth-order valence-corrected chi connectivity index (χ4v) is 4.76. The van der Waals surface area contributed by atoms with Crippen LogP contribution in [0.4, 0.5) is 4.79 Å². The van der Waals surface area contributed by atoms with E-state index in [0.717, 1.165) is 16.8 Å². The molecule has 1 aromatic carbocycles. The molecule has 2 aliphatic rings. The smallest absolute Gasteiger partial charge is 0.410 e. The third-order valence-corrected chi connectivity index (χ3v) is 7.01. The molecule has 4 aromatic rings. The van der Waals surface area contributed by atoms with Crippen molar-refractivity contribution in [2.45, 2.75) is 51.7 Å². The molecule has 0 bridgehead atoms. The van der Waals surface area contributed by atoms with Crippen molar-refractivity contribution < 1.29 is 14.3 Å². The van der Waals surface area contributed by atoms with E-state index < -0.39 is 11.7 Å². The summed E-state index contributed by atoms with van der Waals surface area (Å²) in [7, 11) is 0. The fraction of sp³-hybridized carbons (Fsp3) is 0.414. The predicted octanol–water partition coefficient (Wildman–Crippen LogP) is 4.09. The number of fused-ring (bicyclic) bond motifs is 2. The van der Waals surface area contributed by atoms with Gasteiger partial charge >= 0.3 is 6.09 Å². The maximum absolute atomic E-state index is 13.3. The predicted molar refractivity (Wildman–Crippen MR) is 144 cm³/mol. The highest BCUT2D eigenvalue weighted by Gasteiger charge is 2.36. The van der Waals surface area contributed by atoms with Gasteiger partial charge in [-0.2, -0.15) is 10.4 Å². The first-order valence-corrected chi connectivity index (χ1v) is 13.2. The summed E-state index contributed by atoms with van der Waals surface area (Å²) in [5, 5.41) is 15.7. The van der Waals surface area contributed by atoms with Crippen molar-refractivity contribution in [2.75, 3.05) is 19.7 Å². The Bertz CT molecular complexity index is 1680. The van der Waals surface area contributed by atoms with E-state index in [4.69, 9.17) is 19.6 Å². The number of carbonyl (C=O) groups excluding carboxylic acids is 1. The second-order valence-electron chi connectivity index (χ2n) is 11.4. The number of nitrogens with zero attached hydrogens (tertiary/aromatic N) is 6. The van der Waals surface area contributed by atoms with E-state index in [0.29, 0.717) is 54.4 Å². The van der Waals surface area contributed by atoms with Crippen molar-refractivity contribution in [3.63, 3.8) is 0 Å². The monoisotopic (exact) mass is 526 g/mol. The van der Waals surface area contributed by atoms with Gasteiger partial charge in [0.1, 0.15) is 17.3 Å². The molecular formula is C29H30N6O4. The number of pyridine rings is 1. The molecule has 0 N–H and O–H groups in total. The van der Waals surface area contributed by atoms with Gasteiger partial charge in [0.05, 0.1) is 41.2 Å². The molecule has 0 spiro atoms. The second kappa shape index (κ2) is 9.42. The Hall–Kier alpha value is -4.39. The summed E-state index contributed by atoms with van der Waals surface area (Å²) >= 11 is 0. The zero-order valence-corrected chi connectivity index (χ0v) is 22.3. The molecule has 0 radical (unpaired) electrons. The number of nitriles is 1. The Kier molecular flexibility index (Phi) is 6.02. The van der Waals surface area contributed by atoms with Crippen molar-refractivity contribution in [3.05, 3.63) is 70.0 Å². The minimum atomic E-state index is -0.584. The summed E-state index contributed by atoms with van der Waals surface area (Å²) in [6.07, 6.45) is 6.05. The van der Waals surface area contributed by atoms with E-state index in [1.54, 1.807) is 23.2 Å². The average molecular weight is 527 g/mol. The van der Waals surface area contributed by atoms with Crippen molar-refractivity contribution >= 4 is 22.5 Å². The molecule has 3 aromatic heterocycles. The Balaban J connectivity index is 1.29. The van der Waals surface area contributed by atoms with Crippen LogP contribution in [-0.4, -0.2) is 55.5 Å². The van der Waals surface area contributed by atoms with Gasteiger partial charge in [0.2, 0.25) is 0 Å². The second-order valence-corrected chi connectivity index (χ2v) is 11.4. The van der Waals surface area contributed by atoms with Crippen LogP contribution >= 0.6 is 0 Å². The van der Waals surface area contributed by atoms with Gasteiger partial charge in [-0.25, -0.2) is 14.5 Å². The van der Waals surface area contributed by atoms with Crippen LogP contribution < -0.4 is 10.3 Å². The van der Waals surface area contributed by atoms with Gasteiger partial charge in [0, 0.05) is 37.2 Å². The minimum Gasteiger partial charge on any atom is -0.490 e. The lowest BCUT2D eigenvalue weighted by atomic mass is 10.1. The van der Waals surface area contributed by atoms with Crippen molar-refractivity contribution in [3.8, 4) is 11.8 Å². The largest absolute Gasteiger partial charge is 0.490 e. The van der Waals surface area contributed by atoms with Crippen LogP contribution in [0.25, 0.3) is 16.4 Å². The van der Waals surface area contributed by atoms with Crippen molar-refractivity contribution in [1.29, 1.82) is 5.26 Å². The van der Waals surface area contributed by atoms with E-state index >= 15 is 0 Å². The number of hydrogen-bond acceptors (Lipinski definition) is 7. The van der Waals surface area contributed by atoms with Gasteiger partial charge < -0.3 is 18.8 Å². The highest BCUT2D eigenvalue weighted by Crippen LogP contribution is 2.31. The Labute approximate surface area is 225 Å². The Morgan fingerprint density at radius 1 is 1.15 bits per heavy atom. The van der Waals surface area contributed by atoms with E-state index in [1.807, 2.05) is 49.6 Å². The maximum Gasteiger partial charge on any atom is 0.410 e. The molecule has 1 saturated heterocycles. The van der Waals surface area contributed by atoms with E-state index in [1.165, 1.54) is 17.5 Å². The normalized spacial score (nSPS) is 15.8. The number of carbonyl (C=O) groups is 1. The summed E-state index contributed by atoms with van der Waals surface area (Å²) in [6.45, 7) is 6.81.